The quantitative estimate of drug-likeness (QED) is 0.734. The van der Waals surface area contributed by atoms with Gasteiger partial charge in [0.15, 0.2) is 5.78 Å². The monoisotopic (exact) mass is 268 g/mol. The molecule has 20 heavy (non-hydrogen) atoms. The number of hydrogen-bond acceptors (Lipinski definition) is 2. The Morgan fingerprint density at radius 2 is 1.85 bits per heavy atom. The molecule has 0 unspecified atom stereocenters. The zero-order chi connectivity index (χ0) is 14.4. The molecule has 0 aliphatic heterocycles. The molecule has 0 amide bonds. The number of rotatable bonds is 6. The summed E-state index contributed by atoms with van der Waals surface area (Å²) in [5.41, 5.74) is 2.95. The molecular formula is C18H20O2. The number of benzene rings is 2. The highest BCUT2D eigenvalue weighted by molar-refractivity contribution is 5.97. The fraction of sp³-hybridized carbons (Fsp3) is 0.278. The number of carbonyl (C=O) groups is 1. The number of Topliss-reactive ketones (excluding diaryl/α,β-unsaturated/α-hetero) is 1. The van der Waals surface area contributed by atoms with Crippen molar-refractivity contribution in [2.75, 3.05) is 6.61 Å². The van der Waals surface area contributed by atoms with Crippen LogP contribution >= 0.6 is 0 Å². The lowest BCUT2D eigenvalue weighted by atomic mass is 10.0. The lowest BCUT2D eigenvalue weighted by Crippen LogP contribution is -2.04. The van der Waals surface area contributed by atoms with Crippen LogP contribution in [-0.4, -0.2) is 12.4 Å². The summed E-state index contributed by atoms with van der Waals surface area (Å²) in [5, 5.41) is 0. The van der Waals surface area contributed by atoms with E-state index in [1.54, 1.807) is 0 Å². The Morgan fingerprint density at radius 3 is 2.55 bits per heavy atom. The zero-order valence-corrected chi connectivity index (χ0v) is 12.1. The molecule has 0 heterocycles. The summed E-state index contributed by atoms with van der Waals surface area (Å²) in [4.78, 5) is 12.3. The van der Waals surface area contributed by atoms with Crippen LogP contribution in [0.1, 0.15) is 34.8 Å². The standard InChI is InChI=1S/C18H20O2/c1-3-11-20-17-6-4-5-16(13-17)18(19)12-15-9-7-14(2)8-10-15/h4-10,13H,3,11-12H2,1-2H3. The van der Waals surface area contributed by atoms with E-state index in [0.29, 0.717) is 18.6 Å². The minimum Gasteiger partial charge on any atom is -0.494 e. The van der Waals surface area contributed by atoms with E-state index in [1.807, 2.05) is 55.5 Å². The van der Waals surface area contributed by atoms with Crippen LogP contribution in [0.4, 0.5) is 0 Å². The van der Waals surface area contributed by atoms with Crippen molar-refractivity contribution in [3.8, 4) is 5.75 Å². The van der Waals surface area contributed by atoms with Gasteiger partial charge in [-0.1, -0.05) is 48.9 Å². The lowest BCUT2D eigenvalue weighted by Gasteiger charge is -2.07. The van der Waals surface area contributed by atoms with E-state index < -0.39 is 0 Å². The summed E-state index contributed by atoms with van der Waals surface area (Å²) in [5.74, 6) is 0.886. The first-order chi connectivity index (χ1) is 9.69. The van der Waals surface area contributed by atoms with Crippen LogP contribution in [0.2, 0.25) is 0 Å². The van der Waals surface area contributed by atoms with E-state index >= 15 is 0 Å². The van der Waals surface area contributed by atoms with Gasteiger partial charge < -0.3 is 4.74 Å². The first kappa shape index (κ1) is 14.3. The second-order valence-electron chi connectivity index (χ2n) is 4.96. The Kier molecular flexibility index (Phi) is 4.94. The fourth-order valence-corrected chi connectivity index (χ4v) is 1.97. The molecule has 0 aliphatic rings. The van der Waals surface area contributed by atoms with Crippen molar-refractivity contribution in [1.82, 2.24) is 0 Å². The highest BCUT2D eigenvalue weighted by Crippen LogP contribution is 2.16. The highest BCUT2D eigenvalue weighted by atomic mass is 16.5. The molecule has 2 nitrogen and oxygen atoms in total. The molecule has 0 saturated carbocycles. The van der Waals surface area contributed by atoms with Crippen molar-refractivity contribution >= 4 is 5.78 Å². The molecule has 0 aromatic heterocycles. The average molecular weight is 268 g/mol. The lowest BCUT2D eigenvalue weighted by molar-refractivity contribution is 0.0992. The van der Waals surface area contributed by atoms with Crippen molar-refractivity contribution in [2.45, 2.75) is 26.7 Å². The Hall–Kier alpha value is -2.09. The number of ketones is 1. The molecular weight excluding hydrogens is 248 g/mol. The van der Waals surface area contributed by atoms with Gasteiger partial charge in [0.25, 0.3) is 0 Å². The maximum Gasteiger partial charge on any atom is 0.167 e. The van der Waals surface area contributed by atoms with Gasteiger partial charge >= 0.3 is 0 Å². The third-order valence-corrected chi connectivity index (χ3v) is 3.11. The normalized spacial score (nSPS) is 10.3. The Morgan fingerprint density at radius 1 is 1.10 bits per heavy atom. The van der Waals surface area contributed by atoms with Gasteiger partial charge in [-0.15, -0.1) is 0 Å². The molecule has 2 rings (SSSR count). The first-order valence-electron chi connectivity index (χ1n) is 7.00. The van der Waals surface area contributed by atoms with Crippen LogP contribution < -0.4 is 4.74 Å². The smallest absolute Gasteiger partial charge is 0.167 e. The van der Waals surface area contributed by atoms with Crippen LogP contribution in [0.3, 0.4) is 0 Å². The van der Waals surface area contributed by atoms with E-state index in [9.17, 15) is 4.79 Å². The largest absolute Gasteiger partial charge is 0.494 e. The van der Waals surface area contributed by atoms with Crippen molar-refractivity contribution in [1.29, 1.82) is 0 Å². The van der Waals surface area contributed by atoms with Gasteiger partial charge in [0.05, 0.1) is 6.61 Å². The molecule has 0 aliphatic carbocycles. The second-order valence-corrected chi connectivity index (χ2v) is 4.96. The van der Waals surface area contributed by atoms with Gasteiger partial charge in [-0.3, -0.25) is 4.79 Å². The predicted molar refractivity (Wildman–Crippen MR) is 81.4 cm³/mol. The van der Waals surface area contributed by atoms with Crippen LogP contribution in [-0.2, 0) is 6.42 Å². The molecule has 0 radical (unpaired) electrons. The van der Waals surface area contributed by atoms with Crippen LogP contribution in [0.25, 0.3) is 0 Å². The van der Waals surface area contributed by atoms with E-state index in [-0.39, 0.29) is 5.78 Å². The first-order valence-corrected chi connectivity index (χ1v) is 7.00. The van der Waals surface area contributed by atoms with Crippen LogP contribution in [0, 0.1) is 6.92 Å². The summed E-state index contributed by atoms with van der Waals surface area (Å²) in [6.07, 6.45) is 1.39. The zero-order valence-electron chi connectivity index (χ0n) is 12.1. The minimum atomic E-state index is 0.121. The second kappa shape index (κ2) is 6.90. The minimum absolute atomic E-state index is 0.121. The summed E-state index contributed by atoms with van der Waals surface area (Å²) in [6, 6.07) is 15.5. The molecule has 104 valence electrons. The maximum atomic E-state index is 12.3. The van der Waals surface area contributed by atoms with Crippen molar-refractivity contribution in [3.05, 3.63) is 65.2 Å². The number of carbonyl (C=O) groups excluding carboxylic acids is 1. The van der Waals surface area contributed by atoms with Crippen LogP contribution in [0.5, 0.6) is 5.75 Å². The van der Waals surface area contributed by atoms with E-state index in [2.05, 4.69) is 6.92 Å². The molecule has 0 saturated heterocycles. The summed E-state index contributed by atoms with van der Waals surface area (Å²) < 4.78 is 5.56. The predicted octanol–water partition coefficient (Wildman–Crippen LogP) is 4.21. The molecule has 0 spiro atoms. The van der Waals surface area contributed by atoms with E-state index in [1.165, 1.54) is 5.56 Å². The van der Waals surface area contributed by atoms with Crippen molar-refractivity contribution < 1.29 is 9.53 Å². The molecule has 0 bridgehead atoms. The van der Waals surface area contributed by atoms with E-state index in [0.717, 1.165) is 17.7 Å². The van der Waals surface area contributed by atoms with Gasteiger partial charge in [0.2, 0.25) is 0 Å². The third kappa shape index (κ3) is 3.95. The van der Waals surface area contributed by atoms with Gasteiger partial charge in [-0.05, 0) is 31.0 Å². The Bertz CT molecular complexity index is 570. The van der Waals surface area contributed by atoms with E-state index in [4.69, 9.17) is 4.74 Å². The Labute approximate surface area is 120 Å². The summed E-state index contributed by atoms with van der Waals surface area (Å²) >= 11 is 0. The molecule has 0 N–H and O–H groups in total. The molecule has 2 aromatic rings. The number of aryl methyl sites for hydroxylation is 1. The number of ether oxygens (including phenoxy) is 1. The molecule has 0 atom stereocenters. The van der Waals surface area contributed by atoms with Crippen LogP contribution in [0.15, 0.2) is 48.5 Å². The average Bonchev–Trinajstić information content (AvgIpc) is 2.48. The topological polar surface area (TPSA) is 26.3 Å². The van der Waals surface area contributed by atoms with Gasteiger partial charge in [-0.2, -0.15) is 0 Å². The Balaban J connectivity index is 2.06. The summed E-state index contributed by atoms with van der Waals surface area (Å²) in [6.45, 7) is 4.78. The molecule has 2 heteroatoms. The summed E-state index contributed by atoms with van der Waals surface area (Å²) in [7, 11) is 0. The SMILES string of the molecule is CCCOc1cccc(C(=O)Cc2ccc(C)cc2)c1. The highest BCUT2D eigenvalue weighted by Gasteiger charge is 2.08. The van der Waals surface area contributed by atoms with Crippen molar-refractivity contribution in [2.24, 2.45) is 0 Å². The maximum absolute atomic E-state index is 12.3. The van der Waals surface area contributed by atoms with Gasteiger partial charge in [-0.25, -0.2) is 0 Å². The fourth-order valence-electron chi connectivity index (χ4n) is 1.97. The van der Waals surface area contributed by atoms with Gasteiger partial charge in [0.1, 0.15) is 5.75 Å². The number of hydrogen-bond donors (Lipinski definition) is 0. The van der Waals surface area contributed by atoms with Crippen molar-refractivity contribution in [3.63, 3.8) is 0 Å². The molecule has 0 fully saturated rings. The third-order valence-electron chi connectivity index (χ3n) is 3.11. The molecule has 2 aromatic carbocycles. The van der Waals surface area contributed by atoms with Gasteiger partial charge in [0, 0.05) is 12.0 Å².